The topological polar surface area (TPSA) is 111 Å². The fourth-order valence-corrected chi connectivity index (χ4v) is 8.00. The lowest BCUT2D eigenvalue weighted by Gasteiger charge is -2.26. The fraction of sp³-hybridized carbons (Fsp3) is 0.909. The lowest BCUT2D eigenvalue weighted by Crippen LogP contribution is -2.44. The largest absolute Gasteiger partial charge is 0.545 e. The molecule has 2 atom stereocenters. The van der Waals surface area contributed by atoms with Gasteiger partial charge in [0.15, 0.2) is 12.4 Å². The molecular weight excluding hydrogens is 803 g/mol. The highest BCUT2D eigenvalue weighted by Crippen LogP contribution is 2.17. The first-order valence-corrected chi connectivity index (χ1v) is 27.3. The van der Waals surface area contributed by atoms with Gasteiger partial charge in [-0.15, -0.1) is 0 Å². The zero-order chi connectivity index (χ0) is 47.0. The van der Waals surface area contributed by atoms with Crippen molar-refractivity contribution in [2.24, 2.45) is 0 Å². The second-order valence-corrected chi connectivity index (χ2v) is 19.9. The predicted molar refractivity (Wildman–Crippen MR) is 265 cm³/mol. The Hall–Kier alpha value is -1.97. The molecule has 0 rings (SSSR count). The van der Waals surface area contributed by atoms with Gasteiger partial charge < -0.3 is 33.3 Å². The number of carbonyl (C=O) groups is 3. The van der Waals surface area contributed by atoms with Gasteiger partial charge in [-0.25, -0.2) is 0 Å². The molecule has 9 heteroatoms. The van der Waals surface area contributed by atoms with E-state index in [4.69, 9.17) is 18.9 Å². The van der Waals surface area contributed by atoms with Crippen molar-refractivity contribution in [2.45, 2.75) is 277 Å². The summed E-state index contributed by atoms with van der Waals surface area (Å²) in [5.41, 5.74) is 0. The van der Waals surface area contributed by atoms with Gasteiger partial charge in [0, 0.05) is 12.8 Å². The summed E-state index contributed by atoms with van der Waals surface area (Å²) in [7, 11) is 5.92. The quantitative estimate of drug-likeness (QED) is 0.0195. The van der Waals surface area contributed by atoms with Crippen LogP contribution in [0.3, 0.4) is 0 Å². The Balaban J connectivity index is 4.20. The second-order valence-electron chi connectivity index (χ2n) is 19.9. The van der Waals surface area contributed by atoms with Gasteiger partial charge in [0.2, 0.25) is 0 Å². The molecule has 0 amide bonds. The third-order valence-electron chi connectivity index (χ3n) is 12.3. The summed E-state index contributed by atoms with van der Waals surface area (Å²) < 4.78 is 22.7. The van der Waals surface area contributed by atoms with E-state index in [1.807, 2.05) is 21.1 Å². The number of quaternary nitrogens is 1. The minimum Gasteiger partial charge on any atom is -0.545 e. The maximum atomic E-state index is 12.8. The second kappa shape index (κ2) is 47.5. The van der Waals surface area contributed by atoms with Crippen molar-refractivity contribution < 1.29 is 42.9 Å². The van der Waals surface area contributed by atoms with Crippen molar-refractivity contribution >= 4 is 17.9 Å². The van der Waals surface area contributed by atoms with E-state index in [0.29, 0.717) is 23.9 Å². The number of ether oxygens (including phenoxy) is 4. The first-order chi connectivity index (χ1) is 31.1. The van der Waals surface area contributed by atoms with Gasteiger partial charge in [-0.05, 0) is 38.5 Å². The molecule has 0 fully saturated rings. The molecule has 0 aliphatic rings. The fourth-order valence-electron chi connectivity index (χ4n) is 8.00. The van der Waals surface area contributed by atoms with E-state index in [1.54, 1.807) is 0 Å². The van der Waals surface area contributed by atoms with Crippen LogP contribution >= 0.6 is 0 Å². The first-order valence-electron chi connectivity index (χ1n) is 27.3. The number of carboxylic acids is 1. The van der Waals surface area contributed by atoms with Crippen LogP contribution in [0.2, 0.25) is 0 Å². The molecule has 2 unspecified atom stereocenters. The average molecular weight is 908 g/mol. The summed E-state index contributed by atoms with van der Waals surface area (Å²) in [5.74, 6) is -2.27. The number of allylic oxidation sites excluding steroid dienone is 2. The zero-order valence-corrected chi connectivity index (χ0v) is 42.9. The number of hydrogen-bond donors (Lipinski definition) is 0. The van der Waals surface area contributed by atoms with Gasteiger partial charge >= 0.3 is 11.9 Å². The Labute approximate surface area is 395 Å². The van der Waals surface area contributed by atoms with Gasteiger partial charge in [-0.1, -0.05) is 225 Å². The van der Waals surface area contributed by atoms with E-state index in [0.717, 1.165) is 51.4 Å². The lowest BCUT2D eigenvalue weighted by atomic mass is 10.0. The maximum absolute atomic E-state index is 12.8. The predicted octanol–water partition coefficient (Wildman–Crippen LogP) is 14.1. The van der Waals surface area contributed by atoms with Crippen LogP contribution in [0, 0.1) is 0 Å². The van der Waals surface area contributed by atoms with E-state index < -0.39 is 24.3 Å². The molecule has 0 heterocycles. The van der Waals surface area contributed by atoms with Gasteiger partial charge in [0.05, 0.1) is 40.3 Å². The molecule has 0 aliphatic carbocycles. The Morgan fingerprint density at radius 1 is 0.453 bits per heavy atom. The number of nitrogens with zero attached hydrogens (tertiary/aromatic N) is 1. The highest BCUT2D eigenvalue weighted by molar-refractivity contribution is 5.70. The molecule has 378 valence electrons. The molecule has 9 nitrogen and oxygen atoms in total. The molecule has 0 aromatic rings. The summed E-state index contributed by atoms with van der Waals surface area (Å²) in [5, 5.41) is 11.7. The molecule has 0 N–H and O–H groups in total. The Bertz CT molecular complexity index is 1060. The summed E-state index contributed by atoms with van der Waals surface area (Å²) in [6, 6.07) is 0. The summed E-state index contributed by atoms with van der Waals surface area (Å²) in [4.78, 5) is 37.2. The van der Waals surface area contributed by atoms with Gasteiger partial charge in [-0.3, -0.25) is 9.59 Å². The third kappa shape index (κ3) is 48.0. The number of rotatable bonds is 51. The Morgan fingerprint density at radius 2 is 0.797 bits per heavy atom. The number of hydrogen-bond acceptors (Lipinski definition) is 8. The van der Waals surface area contributed by atoms with Crippen LogP contribution in [-0.2, 0) is 33.3 Å². The average Bonchev–Trinajstić information content (AvgIpc) is 3.26. The van der Waals surface area contributed by atoms with Crippen molar-refractivity contribution in [1.29, 1.82) is 0 Å². The first kappa shape index (κ1) is 62.0. The number of aliphatic carboxylic acids is 1. The monoisotopic (exact) mass is 908 g/mol. The number of esters is 2. The highest BCUT2D eigenvalue weighted by Gasteiger charge is 2.22. The van der Waals surface area contributed by atoms with Crippen molar-refractivity contribution in [3.8, 4) is 0 Å². The van der Waals surface area contributed by atoms with E-state index in [9.17, 15) is 19.5 Å². The molecule has 0 saturated carbocycles. The SMILES string of the molecule is CCCCCCCC/C=C\CCCCCCCC(=O)OC(COC(=O)CCCCCCCCCCCCCCCCCCCCCCCCCC)COC(OCC[N+](C)(C)C)C(=O)[O-]. The molecule has 64 heavy (non-hydrogen) atoms. The number of carboxylic acid groups (broad SMARTS) is 1. The Kier molecular flexibility index (Phi) is 46.1. The minimum absolute atomic E-state index is 0.149. The summed E-state index contributed by atoms with van der Waals surface area (Å²) >= 11 is 0. The van der Waals surface area contributed by atoms with E-state index in [1.165, 1.54) is 180 Å². The molecule has 0 aliphatic heterocycles. The summed E-state index contributed by atoms with van der Waals surface area (Å²) in [6.07, 6.45) is 49.7. The van der Waals surface area contributed by atoms with Crippen molar-refractivity contribution in [2.75, 3.05) is 47.5 Å². The van der Waals surface area contributed by atoms with Crippen LogP contribution in [0.25, 0.3) is 0 Å². The molecule has 0 aromatic carbocycles. The standard InChI is InChI=1S/C55H105NO8/c1-6-8-10-12-14-16-18-20-22-23-24-25-26-27-28-29-30-32-33-35-37-39-41-43-45-52(57)62-49-51(50-63-55(54(59)60)61-48-47-56(3,4)5)64-53(58)46-44-42-40-38-36-34-31-21-19-17-15-13-11-9-7-2/h21,31,51,55H,6-20,22-30,32-50H2,1-5H3/b31-21-. The van der Waals surface area contributed by atoms with Crippen LogP contribution < -0.4 is 5.11 Å². The maximum Gasteiger partial charge on any atom is 0.306 e. The normalized spacial score (nSPS) is 12.8. The Morgan fingerprint density at radius 3 is 1.16 bits per heavy atom. The van der Waals surface area contributed by atoms with Crippen molar-refractivity contribution in [3.05, 3.63) is 12.2 Å². The van der Waals surface area contributed by atoms with Gasteiger partial charge in [-0.2, -0.15) is 0 Å². The molecule has 0 radical (unpaired) electrons. The van der Waals surface area contributed by atoms with Crippen LogP contribution in [0.1, 0.15) is 264 Å². The molecule has 0 spiro atoms. The van der Waals surface area contributed by atoms with Gasteiger partial charge in [0.1, 0.15) is 13.2 Å². The van der Waals surface area contributed by atoms with Gasteiger partial charge in [0.25, 0.3) is 0 Å². The van der Waals surface area contributed by atoms with Crippen LogP contribution in [0.4, 0.5) is 0 Å². The smallest absolute Gasteiger partial charge is 0.306 e. The lowest BCUT2D eigenvalue weighted by molar-refractivity contribution is -0.870. The minimum atomic E-state index is -1.62. The van der Waals surface area contributed by atoms with E-state index >= 15 is 0 Å². The molecule has 0 bridgehead atoms. The number of carbonyl (C=O) groups excluding carboxylic acids is 3. The van der Waals surface area contributed by atoms with Crippen LogP contribution in [-0.4, -0.2) is 82.3 Å². The number of likely N-dealkylation sites (N-methyl/N-ethyl adjacent to an activating group) is 1. The van der Waals surface area contributed by atoms with E-state index in [2.05, 4.69) is 26.0 Å². The molecule has 0 aromatic heterocycles. The summed E-state index contributed by atoms with van der Waals surface area (Å²) in [6.45, 7) is 4.77. The molecular formula is C55H105NO8. The highest BCUT2D eigenvalue weighted by atomic mass is 16.7. The van der Waals surface area contributed by atoms with Crippen molar-refractivity contribution in [1.82, 2.24) is 0 Å². The zero-order valence-electron chi connectivity index (χ0n) is 42.9. The third-order valence-corrected chi connectivity index (χ3v) is 12.3. The van der Waals surface area contributed by atoms with Crippen LogP contribution in [0.5, 0.6) is 0 Å². The molecule has 0 saturated heterocycles. The number of unbranched alkanes of at least 4 members (excludes halogenated alkanes) is 34. The van der Waals surface area contributed by atoms with E-state index in [-0.39, 0.29) is 32.2 Å². The van der Waals surface area contributed by atoms with Crippen molar-refractivity contribution in [3.63, 3.8) is 0 Å². The van der Waals surface area contributed by atoms with Crippen LogP contribution in [0.15, 0.2) is 12.2 Å².